The Balaban J connectivity index is 3.28. The molecule has 3 N–H and O–H groups in total. The second kappa shape index (κ2) is 11.6. The summed E-state index contributed by atoms with van der Waals surface area (Å²) in [5.74, 6) is -4.23. The standard InChI is InChI=1S/C21H37N3O6/c1-10-9-11(2)18(26)14(5)20(28)15(6)21(29)30-16(7-8-23-24-22)12(3)19(27)13(4)17(10)25/h10-16,18-20,26-28H,7-9H2,1-6H3. The maximum atomic E-state index is 12.9. The number of ether oxygens (including phenoxy) is 1. The van der Waals surface area contributed by atoms with E-state index in [-0.39, 0.29) is 30.6 Å². The Labute approximate surface area is 178 Å². The maximum absolute atomic E-state index is 12.9. The number of nitrogens with zero attached hydrogens (tertiary/aromatic N) is 3. The smallest absolute Gasteiger partial charge is 0.311 e. The van der Waals surface area contributed by atoms with Gasteiger partial charge in [0.1, 0.15) is 11.9 Å². The van der Waals surface area contributed by atoms with Crippen LogP contribution in [0.2, 0.25) is 0 Å². The number of hydrogen-bond acceptors (Lipinski definition) is 7. The fourth-order valence-electron chi connectivity index (χ4n) is 4.34. The molecule has 0 bridgehead atoms. The molecule has 10 unspecified atom stereocenters. The van der Waals surface area contributed by atoms with Crippen molar-refractivity contribution in [2.45, 2.75) is 78.8 Å². The molecule has 9 heteroatoms. The minimum absolute atomic E-state index is 0.0633. The number of esters is 1. The summed E-state index contributed by atoms with van der Waals surface area (Å²) in [6.45, 7) is 10.2. The molecule has 0 aromatic carbocycles. The van der Waals surface area contributed by atoms with Crippen molar-refractivity contribution in [1.29, 1.82) is 0 Å². The van der Waals surface area contributed by atoms with Crippen LogP contribution in [0.5, 0.6) is 0 Å². The molecule has 1 saturated heterocycles. The highest BCUT2D eigenvalue weighted by Crippen LogP contribution is 2.31. The first-order chi connectivity index (χ1) is 13.9. The SMILES string of the molecule is CC1CC(C)C(O)C(C)C(O)C(C)C(=O)OC(CCN=[N+]=[N-])C(C)C(O)C(C)C1=O. The van der Waals surface area contributed by atoms with Crippen molar-refractivity contribution in [2.75, 3.05) is 6.54 Å². The van der Waals surface area contributed by atoms with Crippen LogP contribution in [0.3, 0.4) is 0 Å². The van der Waals surface area contributed by atoms with Gasteiger partial charge in [0.15, 0.2) is 0 Å². The summed E-state index contributed by atoms with van der Waals surface area (Å²) in [6.07, 6.45) is -3.31. The number of rotatable bonds is 3. The summed E-state index contributed by atoms with van der Waals surface area (Å²) < 4.78 is 5.59. The molecule has 1 heterocycles. The summed E-state index contributed by atoms with van der Waals surface area (Å²) in [4.78, 5) is 28.3. The number of aliphatic hydroxyl groups is 3. The number of carbonyl (C=O) groups is 2. The van der Waals surface area contributed by atoms with E-state index in [1.165, 1.54) is 6.92 Å². The summed E-state index contributed by atoms with van der Waals surface area (Å²) in [5, 5.41) is 35.6. The predicted octanol–water partition coefficient (Wildman–Crippen LogP) is 2.47. The zero-order valence-corrected chi connectivity index (χ0v) is 18.8. The molecule has 0 aliphatic carbocycles. The van der Waals surface area contributed by atoms with Crippen molar-refractivity contribution in [3.8, 4) is 0 Å². The molecule has 172 valence electrons. The molecule has 0 aromatic heterocycles. The van der Waals surface area contributed by atoms with Crippen LogP contribution in [-0.2, 0) is 14.3 Å². The van der Waals surface area contributed by atoms with Crippen LogP contribution in [0.15, 0.2) is 5.11 Å². The van der Waals surface area contributed by atoms with Gasteiger partial charge in [0.05, 0.1) is 24.2 Å². The van der Waals surface area contributed by atoms with Crippen molar-refractivity contribution >= 4 is 11.8 Å². The van der Waals surface area contributed by atoms with Gasteiger partial charge in [-0.25, -0.2) is 0 Å². The van der Waals surface area contributed by atoms with Gasteiger partial charge in [0.2, 0.25) is 0 Å². The highest BCUT2D eigenvalue weighted by atomic mass is 16.5. The first kappa shape index (κ1) is 26.4. The molecule has 0 radical (unpaired) electrons. The van der Waals surface area contributed by atoms with Gasteiger partial charge in [-0.3, -0.25) is 9.59 Å². The van der Waals surface area contributed by atoms with Crippen LogP contribution in [-0.4, -0.2) is 58.0 Å². The van der Waals surface area contributed by atoms with Crippen LogP contribution in [0.1, 0.15) is 54.4 Å². The largest absolute Gasteiger partial charge is 0.462 e. The van der Waals surface area contributed by atoms with Gasteiger partial charge in [-0.1, -0.05) is 39.7 Å². The summed E-state index contributed by atoms with van der Waals surface area (Å²) in [5.41, 5.74) is 8.53. The number of hydrogen-bond donors (Lipinski definition) is 3. The molecule has 1 fully saturated rings. The van der Waals surface area contributed by atoms with Crippen LogP contribution in [0, 0.1) is 35.5 Å². The van der Waals surface area contributed by atoms with Gasteiger partial charge in [-0.05, 0) is 31.2 Å². The third kappa shape index (κ3) is 6.41. The van der Waals surface area contributed by atoms with E-state index in [4.69, 9.17) is 10.3 Å². The normalized spacial score (nSPS) is 42.0. The van der Waals surface area contributed by atoms with Gasteiger partial charge < -0.3 is 20.1 Å². The Hall–Kier alpha value is -1.67. The molecule has 10 atom stereocenters. The van der Waals surface area contributed by atoms with Crippen molar-refractivity contribution in [2.24, 2.45) is 40.6 Å². The van der Waals surface area contributed by atoms with Gasteiger partial charge in [-0.15, -0.1) is 0 Å². The van der Waals surface area contributed by atoms with E-state index < -0.39 is 54.1 Å². The fourth-order valence-corrected chi connectivity index (χ4v) is 4.34. The van der Waals surface area contributed by atoms with Crippen molar-refractivity contribution in [1.82, 2.24) is 0 Å². The summed E-state index contributed by atoms with van der Waals surface area (Å²) in [7, 11) is 0. The number of carbonyl (C=O) groups excluding carboxylic acids is 2. The fraction of sp³-hybridized carbons (Fsp3) is 0.905. The maximum Gasteiger partial charge on any atom is 0.311 e. The highest BCUT2D eigenvalue weighted by Gasteiger charge is 2.40. The summed E-state index contributed by atoms with van der Waals surface area (Å²) in [6, 6.07) is 0. The minimum Gasteiger partial charge on any atom is -0.462 e. The lowest BCUT2D eigenvalue weighted by Crippen LogP contribution is -2.45. The van der Waals surface area contributed by atoms with Crippen molar-refractivity contribution in [3.63, 3.8) is 0 Å². The van der Waals surface area contributed by atoms with E-state index in [2.05, 4.69) is 10.0 Å². The lowest BCUT2D eigenvalue weighted by Gasteiger charge is -2.36. The molecule has 0 spiro atoms. The third-order valence-corrected chi connectivity index (χ3v) is 6.69. The van der Waals surface area contributed by atoms with E-state index >= 15 is 0 Å². The first-order valence-corrected chi connectivity index (χ1v) is 10.7. The molecule has 1 aliphatic rings. The lowest BCUT2D eigenvalue weighted by atomic mass is 9.77. The van der Waals surface area contributed by atoms with Crippen LogP contribution in [0.25, 0.3) is 10.4 Å². The molecule has 1 aliphatic heterocycles. The number of ketones is 1. The Morgan fingerprint density at radius 3 is 2.10 bits per heavy atom. The van der Waals surface area contributed by atoms with E-state index in [0.29, 0.717) is 6.42 Å². The van der Waals surface area contributed by atoms with Crippen LogP contribution < -0.4 is 0 Å². The van der Waals surface area contributed by atoms with Crippen molar-refractivity contribution in [3.05, 3.63) is 10.4 Å². The van der Waals surface area contributed by atoms with Gasteiger partial charge in [0, 0.05) is 35.1 Å². The zero-order chi connectivity index (χ0) is 23.2. The molecule has 0 amide bonds. The Bertz CT molecular complexity index is 638. The molecular formula is C21H37N3O6. The first-order valence-electron chi connectivity index (χ1n) is 10.7. The zero-order valence-electron chi connectivity index (χ0n) is 18.8. The number of aliphatic hydroxyl groups excluding tert-OH is 3. The van der Waals surface area contributed by atoms with Gasteiger partial charge in [0.25, 0.3) is 0 Å². The molecular weight excluding hydrogens is 390 g/mol. The van der Waals surface area contributed by atoms with Gasteiger partial charge in [-0.2, -0.15) is 0 Å². The summed E-state index contributed by atoms with van der Waals surface area (Å²) >= 11 is 0. The second-order valence-corrected chi connectivity index (χ2v) is 9.00. The van der Waals surface area contributed by atoms with Crippen molar-refractivity contribution < 1.29 is 29.6 Å². The lowest BCUT2D eigenvalue weighted by molar-refractivity contribution is -0.166. The van der Waals surface area contributed by atoms with E-state index in [9.17, 15) is 24.9 Å². The van der Waals surface area contributed by atoms with E-state index in [1.807, 2.05) is 6.92 Å². The minimum atomic E-state index is -1.14. The third-order valence-electron chi connectivity index (χ3n) is 6.69. The number of azide groups is 1. The Kier molecular flexibility index (Phi) is 10.2. The highest BCUT2D eigenvalue weighted by molar-refractivity contribution is 5.83. The monoisotopic (exact) mass is 427 g/mol. The molecule has 30 heavy (non-hydrogen) atoms. The number of cyclic esters (lactones) is 1. The number of Topliss-reactive ketones (excluding diaryl/α,β-unsaturated/α-hetero) is 1. The predicted molar refractivity (Wildman–Crippen MR) is 111 cm³/mol. The van der Waals surface area contributed by atoms with Gasteiger partial charge >= 0.3 is 5.97 Å². The van der Waals surface area contributed by atoms with E-state index in [0.717, 1.165) is 0 Å². The molecule has 0 saturated carbocycles. The molecule has 9 nitrogen and oxygen atoms in total. The second-order valence-electron chi connectivity index (χ2n) is 9.00. The molecule has 0 aromatic rings. The average molecular weight is 428 g/mol. The average Bonchev–Trinajstić information content (AvgIpc) is 2.73. The Morgan fingerprint density at radius 2 is 1.53 bits per heavy atom. The van der Waals surface area contributed by atoms with Crippen LogP contribution >= 0.6 is 0 Å². The Morgan fingerprint density at radius 1 is 0.967 bits per heavy atom. The topological polar surface area (TPSA) is 153 Å². The van der Waals surface area contributed by atoms with E-state index in [1.54, 1.807) is 27.7 Å². The quantitative estimate of drug-likeness (QED) is 0.272. The molecule has 1 rings (SSSR count). The van der Waals surface area contributed by atoms with Crippen LogP contribution in [0.4, 0.5) is 0 Å².